The number of hydrogen-bond acceptors (Lipinski definition) is 6. The summed E-state index contributed by atoms with van der Waals surface area (Å²) in [5.41, 5.74) is 2.91. The Bertz CT molecular complexity index is 1530. The third-order valence-electron chi connectivity index (χ3n) is 7.71. The van der Waals surface area contributed by atoms with Crippen molar-refractivity contribution in [2.45, 2.75) is 57.7 Å². The Balaban J connectivity index is 1.71. The number of aryl methyl sites for hydroxylation is 1. The molecule has 9 nitrogen and oxygen atoms in total. The van der Waals surface area contributed by atoms with Crippen molar-refractivity contribution in [3.05, 3.63) is 78.1 Å². The van der Waals surface area contributed by atoms with E-state index in [-0.39, 0.29) is 29.7 Å². The van der Waals surface area contributed by atoms with E-state index in [4.69, 9.17) is 16.6 Å². The lowest BCUT2D eigenvalue weighted by Gasteiger charge is -2.52. The second-order valence-electron chi connectivity index (χ2n) is 10.8. The molecule has 3 amide bonds. The first kappa shape index (κ1) is 28.6. The first-order valence-corrected chi connectivity index (χ1v) is 13.9. The minimum absolute atomic E-state index is 0.0308. The summed E-state index contributed by atoms with van der Waals surface area (Å²) in [7, 11) is 0. The van der Waals surface area contributed by atoms with Crippen molar-refractivity contribution >= 4 is 35.0 Å². The van der Waals surface area contributed by atoms with Crippen LogP contribution in [0, 0.1) is 12.7 Å². The molecule has 0 radical (unpaired) electrons. The molecule has 1 fully saturated rings. The third-order valence-corrected chi connectivity index (χ3v) is 8.23. The molecule has 0 saturated carbocycles. The van der Waals surface area contributed by atoms with Crippen molar-refractivity contribution < 1.29 is 14.0 Å². The highest BCUT2D eigenvalue weighted by Gasteiger charge is 2.51. The number of pyridine rings is 1. The summed E-state index contributed by atoms with van der Waals surface area (Å²) in [6.07, 6.45) is 2.77. The van der Waals surface area contributed by atoms with Gasteiger partial charge in [0.15, 0.2) is 0 Å². The lowest BCUT2D eigenvalue weighted by atomic mass is 10.00. The number of carbonyl (C=O) groups excluding carboxylic acids is 2. The van der Waals surface area contributed by atoms with E-state index in [1.54, 1.807) is 42.2 Å². The van der Waals surface area contributed by atoms with E-state index in [9.17, 15) is 14.0 Å². The van der Waals surface area contributed by atoms with Crippen molar-refractivity contribution in [1.29, 1.82) is 0 Å². The van der Waals surface area contributed by atoms with Gasteiger partial charge in [-0.1, -0.05) is 44.2 Å². The van der Waals surface area contributed by atoms with Crippen LogP contribution in [0.15, 0.2) is 55.4 Å². The molecule has 1 unspecified atom stereocenters. The Morgan fingerprint density at radius 1 is 1.17 bits per heavy atom. The van der Waals surface area contributed by atoms with Crippen molar-refractivity contribution in [1.82, 2.24) is 30.1 Å². The third kappa shape index (κ3) is 4.85. The van der Waals surface area contributed by atoms with Crippen LogP contribution in [0.5, 0.6) is 0 Å². The lowest BCUT2D eigenvalue weighted by molar-refractivity contribution is -0.133. The summed E-state index contributed by atoms with van der Waals surface area (Å²) in [5, 5.41) is 1.53. The Kier molecular flexibility index (Phi) is 7.56. The number of aromatic nitrogens is 3. The number of nitrogens with one attached hydrogen (secondary N) is 1. The van der Waals surface area contributed by atoms with Gasteiger partial charge in [-0.05, 0) is 57.0 Å². The maximum Gasteiger partial charge on any atom is 0.330 e. The molecule has 11 heteroatoms. The number of fused-ring (bicyclic) bond motifs is 1. The number of rotatable bonds is 5. The zero-order chi connectivity index (χ0) is 29.6. The molecule has 2 aliphatic rings. The molecule has 4 heterocycles. The number of halogens is 2. The second-order valence-corrected chi connectivity index (χ2v) is 11.4. The van der Waals surface area contributed by atoms with Gasteiger partial charge >= 0.3 is 6.03 Å². The molecule has 0 aliphatic carbocycles. The summed E-state index contributed by atoms with van der Waals surface area (Å²) >= 11 is 7.42. The first-order valence-electron chi connectivity index (χ1n) is 13.6. The van der Waals surface area contributed by atoms with Gasteiger partial charge in [0.25, 0.3) is 0 Å². The molecule has 214 valence electrons. The van der Waals surface area contributed by atoms with Gasteiger partial charge in [0, 0.05) is 30.7 Å². The highest BCUT2D eigenvalue weighted by molar-refractivity contribution is 6.26. The summed E-state index contributed by atoms with van der Waals surface area (Å²) in [6, 6.07) is 8.88. The smallest absolute Gasteiger partial charge is 0.330 e. The van der Waals surface area contributed by atoms with Crippen LogP contribution in [-0.2, 0) is 9.92 Å². The number of carbonyl (C=O) groups is 2. The maximum atomic E-state index is 14.9. The number of amides is 3. The molecule has 3 aromatic rings. The van der Waals surface area contributed by atoms with Gasteiger partial charge in [0.05, 0.1) is 28.3 Å². The molecule has 1 N–H and O–H groups in total. The molecule has 1 saturated heterocycles. The van der Waals surface area contributed by atoms with E-state index in [1.165, 1.54) is 23.4 Å². The largest absolute Gasteiger partial charge is 0.334 e. The fourth-order valence-electron chi connectivity index (χ4n) is 5.66. The van der Waals surface area contributed by atoms with Crippen LogP contribution in [0.3, 0.4) is 0 Å². The minimum atomic E-state index is -1.50. The fraction of sp³-hybridized carbons (Fsp3) is 0.367. The number of alkyl halides is 1. The van der Waals surface area contributed by atoms with Crippen LogP contribution >= 0.6 is 11.6 Å². The Morgan fingerprint density at radius 3 is 2.59 bits per heavy atom. The molecule has 5 rings (SSSR count). The first-order chi connectivity index (χ1) is 19.5. The number of benzene rings is 1. The minimum Gasteiger partial charge on any atom is -0.334 e. The van der Waals surface area contributed by atoms with Gasteiger partial charge < -0.3 is 10.2 Å². The summed E-state index contributed by atoms with van der Waals surface area (Å²) < 4.78 is 14.9. The molecule has 2 aromatic heterocycles. The van der Waals surface area contributed by atoms with Gasteiger partial charge in [-0.15, -0.1) is 0 Å². The van der Waals surface area contributed by atoms with Crippen LogP contribution in [0.25, 0.3) is 11.3 Å². The van der Waals surface area contributed by atoms with Crippen LogP contribution < -0.4 is 10.2 Å². The van der Waals surface area contributed by atoms with E-state index in [2.05, 4.69) is 21.9 Å². The summed E-state index contributed by atoms with van der Waals surface area (Å²) in [4.78, 5) is 45.5. The van der Waals surface area contributed by atoms with Crippen LogP contribution in [-0.4, -0.2) is 61.9 Å². The van der Waals surface area contributed by atoms with E-state index in [0.29, 0.717) is 47.0 Å². The second kappa shape index (κ2) is 10.8. The van der Waals surface area contributed by atoms with Crippen LogP contribution in [0.2, 0.25) is 0 Å². The van der Waals surface area contributed by atoms with Crippen molar-refractivity contribution in [2.24, 2.45) is 0 Å². The highest BCUT2D eigenvalue weighted by atomic mass is 35.5. The predicted octanol–water partition coefficient (Wildman–Crippen LogP) is 5.43. The molecule has 0 spiro atoms. The SMILES string of the molecule is C=CC(=O)N1C[C@H](C)N(C2(Cl)NC(=O)N(c3c(C)ncnc3C(C)C)c3nc(-c4ccccc4F)ccc32)C[C@H]1C. The summed E-state index contributed by atoms with van der Waals surface area (Å²) in [5.74, 6) is -0.370. The Morgan fingerprint density at radius 2 is 1.90 bits per heavy atom. The average molecular weight is 578 g/mol. The van der Waals surface area contributed by atoms with Gasteiger partial charge in [0.1, 0.15) is 18.0 Å². The van der Waals surface area contributed by atoms with Gasteiger partial charge in [-0.25, -0.2) is 29.0 Å². The maximum absolute atomic E-state index is 14.9. The Hall–Kier alpha value is -3.89. The number of piperazine rings is 1. The zero-order valence-corrected chi connectivity index (χ0v) is 24.5. The molecule has 3 atom stereocenters. The molecule has 2 aliphatic heterocycles. The number of urea groups is 1. The van der Waals surface area contributed by atoms with Crippen LogP contribution in [0.4, 0.5) is 20.7 Å². The molecule has 0 bridgehead atoms. The average Bonchev–Trinajstić information content (AvgIpc) is 2.94. The summed E-state index contributed by atoms with van der Waals surface area (Å²) in [6.45, 7) is 14.0. The number of hydrogen-bond donors (Lipinski definition) is 1. The van der Waals surface area contributed by atoms with Crippen LogP contribution in [0.1, 0.15) is 50.6 Å². The van der Waals surface area contributed by atoms with E-state index < -0.39 is 17.0 Å². The van der Waals surface area contributed by atoms with E-state index in [0.717, 1.165) is 0 Å². The predicted molar refractivity (Wildman–Crippen MR) is 156 cm³/mol. The highest BCUT2D eigenvalue weighted by Crippen LogP contribution is 2.46. The lowest BCUT2D eigenvalue weighted by Crippen LogP contribution is -2.68. The monoisotopic (exact) mass is 577 g/mol. The standard InChI is InChI=1S/C30H33ClFN7O2/c1-7-25(40)37-14-19(5)38(15-18(37)4)30(31)22-12-13-24(21-10-8-9-11-23(21)32)35-28(22)39(29(41)36-30)27-20(6)33-16-34-26(27)17(2)3/h7-13,16-19H,1,14-15H2,2-6H3,(H,36,41)/t18-,19+,30?/m1/s1. The molecule has 41 heavy (non-hydrogen) atoms. The van der Waals surface area contributed by atoms with Gasteiger partial charge in [0.2, 0.25) is 11.0 Å². The molecule has 1 aromatic carbocycles. The van der Waals surface area contributed by atoms with Crippen molar-refractivity contribution in [3.63, 3.8) is 0 Å². The van der Waals surface area contributed by atoms with Crippen molar-refractivity contribution in [2.75, 3.05) is 18.0 Å². The van der Waals surface area contributed by atoms with E-state index in [1.807, 2.05) is 32.6 Å². The number of anilines is 2. The topological polar surface area (TPSA) is 94.6 Å². The van der Waals surface area contributed by atoms with Gasteiger partial charge in [-0.2, -0.15) is 0 Å². The number of nitrogens with zero attached hydrogens (tertiary/aromatic N) is 6. The quantitative estimate of drug-likeness (QED) is 0.247. The zero-order valence-electron chi connectivity index (χ0n) is 23.7. The van der Waals surface area contributed by atoms with E-state index >= 15 is 0 Å². The molecular formula is C30H33ClFN7O2. The van der Waals surface area contributed by atoms with Gasteiger partial charge in [-0.3, -0.25) is 9.69 Å². The van der Waals surface area contributed by atoms with Crippen molar-refractivity contribution in [3.8, 4) is 11.3 Å². The Labute approximate surface area is 244 Å². The molecular weight excluding hydrogens is 545 g/mol. The normalized spacial score (nSPS) is 22.9. The fourth-order valence-corrected chi connectivity index (χ4v) is 6.12.